The first-order chi connectivity index (χ1) is 21.6. The molecule has 4 N–H and O–H groups in total. The maximum atomic E-state index is 13.9. The number of thiol groups is 1. The number of hydrogen-bond acceptors (Lipinski definition) is 10. The molecule has 11 heteroatoms. The summed E-state index contributed by atoms with van der Waals surface area (Å²) in [6, 6.07) is 17.7. The SMILES string of the molecule is CCN(N)c1ccc2c(C)c1NC[C@@H](Oc1ccncc1S)CNCc1cc(sc1Cl)C2C(C)(C)C(=O)OCc1ccccc1. The molecule has 8 nitrogen and oxygen atoms in total. The Morgan fingerprint density at radius 1 is 1.20 bits per heavy atom. The highest BCUT2D eigenvalue weighted by atomic mass is 35.5. The first kappa shape index (κ1) is 33.1. The van der Waals surface area contributed by atoms with E-state index in [0.717, 1.165) is 38.5 Å². The summed E-state index contributed by atoms with van der Waals surface area (Å²) in [7, 11) is 0. The van der Waals surface area contributed by atoms with Gasteiger partial charge in [-0.15, -0.1) is 24.0 Å². The molecule has 2 aromatic carbocycles. The molecule has 5 rings (SSSR count). The van der Waals surface area contributed by atoms with Crippen LogP contribution in [0.3, 0.4) is 0 Å². The van der Waals surface area contributed by atoms with Crippen LogP contribution in [0.4, 0.5) is 11.4 Å². The zero-order valence-electron chi connectivity index (χ0n) is 26.0. The van der Waals surface area contributed by atoms with Crippen LogP contribution in [-0.4, -0.2) is 36.7 Å². The van der Waals surface area contributed by atoms with Gasteiger partial charge in [-0.2, -0.15) is 0 Å². The Labute approximate surface area is 279 Å². The highest BCUT2D eigenvalue weighted by molar-refractivity contribution is 7.80. The van der Waals surface area contributed by atoms with Gasteiger partial charge in [-0.25, -0.2) is 5.84 Å². The number of nitrogens with two attached hydrogens (primary N) is 1. The number of nitrogens with one attached hydrogen (secondary N) is 2. The number of halogens is 1. The van der Waals surface area contributed by atoms with E-state index in [0.29, 0.717) is 41.2 Å². The number of ether oxygens (including phenoxy) is 2. The Balaban J connectivity index is 1.58. The van der Waals surface area contributed by atoms with Gasteiger partial charge in [0.1, 0.15) is 18.5 Å². The average Bonchev–Trinajstić information content (AvgIpc) is 3.39. The molecule has 4 aromatic rings. The minimum absolute atomic E-state index is 0.201. The third kappa shape index (κ3) is 7.42. The van der Waals surface area contributed by atoms with Gasteiger partial charge in [0.05, 0.1) is 32.6 Å². The fourth-order valence-electron chi connectivity index (χ4n) is 5.67. The van der Waals surface area contributed by atoms with Crippen LogP contribution in [0.15, 0.2) is 71.9 Å². The van der Waals surface area contributed by atoms with Crippen molar-refractivity contribution in [3.05, 3.63) is 98.5 Å². The van der Waals surface area contributed by atoms with Crippen LogP contribution in [0.2, 0.25) is 4.34 Å². The van der Waals surface area contributed by atoms with E-state index >= 15 is 0 Å². The summed E-state index contributed by atoms with van der Waals surface area (Å²) < 4.78 is 13.0. The fraction of sp³-hybridized carbons (Fsp3) is 0.353. The molecule has 1 aliphatic rings. The molecular formula is C34H40ClN5O3S2. The van der Waals surface area contributed by atoms with Crippen molar-refractivity contribution in [3.63, 3.8) is 0 Å². The standard InChI is InChI=1S/C34H40ClN5O3S2/c1-5-40(36)26-12-11-25-21(2)31(26)39-18-24(43-27-13-14-37-19-28(27)44)17-38-16-23-15-29(45-32(23)35)30(25)34(3,4)33(41)42-20-22-9-7-6-8-10-22/h6-15,19,24,30,38-39,44H,5,16-18,20,36H2,1-4H3/t24-,30?/m0/s1. The van der Waals surface area contributed by atoms with Crippen molar-refractivity contribution >= 4 is 52.9 Å². The van der Waals surface area contributed by atoms with Gasteiger partial charge in [0.25, 0.3) is 0 Å². The van der Waals surface area contributed by atoms with Gasteiger partial charge < -0.3 is 25.1 Å². The summed E-state index contributed by atoms with van der Waals surface area (Å²) in [4.78, 5) is 19.7. The second-order valence-corrected chi connectivity index (χ2v) is 13.9. The second-order valence-electron chi connectivity index (χ2n) is 11.7. The predicted octanol–water partition coefficient (Wildman–Crippen LogP) is 6.96. The van der Waals surface area contributed by atoms with E-state index in [1.807, 2.05) is 63.2 Å². The molecule has 0 fully saturated rings. The van der Waals surface area contributed by atoms with Gasteiger partial charge >= 0.3 is 5.97 Å². The number of thiophene rings is 1. The summed E-state index contributed by atoms with van der Waals surface area (Å²) in [5.74, 6) is 6.52. The minimum atomic E-state index is -0.930. The molecule has 4 bridgehead atoms. The van der Waals surface area contributed by atoms with Gasteiger partial charge in [-0.3, -0.25) is 9.78 Å². The summed E-state index contributed by atoms with van der Waals surface area (Å²) in [5, 5.41) is 8.90. The lowest BCUT2D eigenvalue weighted by Crippen LogP contribution is -2.38. The number of nitrogens with zero attached hydrogens (tertiary/aromatic N) is 2. The zero-order valence-corrected chi connectivity index (χ0v) is 28.4. The number of hydrogen-bond donors (Lipinski definition) is 4. The van der Waals surface area contributed by atoms with E-state index in [2.05, 4.69) is 47.3 Å². The Kier molecular flexibility index (Phi) is 10.6. The molecule has 0 aliphatic carbocycles. The van der Waals surface area contributed by atoms with E-state index < -0.39 is 5.41 Å². The number of fused-ring (bicyclic) bond motifs is 4. The number of aromatic nitrogens is 1. The van der Waals surface area contributed by atoms with Crippen LogP contribution in [-0.2, 0) is 22.7 Å². The lowest BCUT2D eigenvalue weighted by Gasteiger charge is -2.34. The maximum absolute atomic E-state index is 13.9. The van der Waals surface area contributed by atoms with Crippen molar-refractivity contribution in [2.75, 3.05) is 30.0 Å². The van der Waals surface area contributed by atoms with Gasteiger partial charge in [0, 0.05) is 42.8 Å². The fourth-order valence-corrected chi connectivity index (χ4v) is 7.46. The van der Waals surface area contributed by atoms with Crippen LogP contribution in [0.25, 0.3) is 0 Å². The number of anilines is 2. The highest BCUT2D eigenvalue weighted by Crippen LogP contribution is 2.49. The quantitative estimate of drug-likeness (QED) is 0.0694. The normalized spacial score (nSPS) is 16.9. The summed E-state index contributed by atoms with van der Waals surface area (Å²) in [6.45, 7) is 10.3. The Hall–Kier alpha value is -3.28. The minimum Gasteiger partial charge on any atom is -0.486 e. The van der Waals surface area contributed by atoms with E-state index in [1.165, 1.54) is 11.3 Å². The first-order valence-electron chi connectivity index (χ1n) is 15.0. The molecule has 0 spiro atoms. The Morgan fingerprint density at radius 2 is 1.98 bits per heavy atom. The molecule has 0 amide bonds. The van der Waals surface area contributed by atoms with Crippen LogP contribution in [0.1, 0.15) is 53.8 Å². The number of esters is 1. The molecule has 2 atom stereocenters. The monoisotopic (exact) mass is 665 g/mol. The molecule has 45 heavy (non-hydrogen) atoms. The van der Waals surface area contributed by atoms with Gasteiger partial charge in [-0.05, 0) is 68.1 Å². The van der Waals surface area contributed by atoms with Gasteiger partial charge in [-0.1, -0.05) is 48.0 Å². The van der Waals surface area contributed by atoms with Crippen LogP contribution in [0, 0.1) is 12.3 Å². The van der Waals surface area contributed by atoms with E-state index in [9.17, 15) is 4.79 Å². The van der Waals surface area contributed by atoms with Crippen molar-refractivity contribution in [2.45, 2.75) is 57.8 Å². The van der Waals surface area contributed by atoms with Crippen molar-refractivity contribution < 1.29 is 14.3 Å². The van der Waals surface area contributed by atoms with Crippen LogP contribution >= 0.6 is 35.6 Å². The number of carbonyl (C=O) groups excluding carboxylic acids is 1. The smallest absolute Gasteiger partial charge is 0.312 e. The predicted molar refractivity (Wildman–Crippen MR) is 186 cm³/mol. The molecule has 1 unspecified atom stereocenters. The number of hydrazine groups is 1. The van der Waals surface area contributed by atoms with E-state index in [-0.39, 0.29) is 24.6 Å². The van der Waals surface area contributed by atoms with Crippen molar-refractivity contribution in [2.24, 2.45) is 11.3 Å². The zero-order chi connectivity index (χ0) is 32.1. The topological polar surface area (TPSA) is 102 Å². The van der Waals surface area contributed by atoms with E-state index in [1.54, 1.807) is 17.4 Å². The maximum Gasteiger partial charge on any atom is 0.312 e. The number of pyridine rings is 1. The molecule has 1 aliphatic heterocycles. The van der Waals surface area contributed by atoms with Crippen molar-refractivity contribution in [1.82, 2.24) is 10.3 Å². The lowest BCUT2D eigenvalue weighted by molar-refractivity contribution is -0.156. The molecule has 238 valence electrons. The largest absolute Gasteiger partial charge is 0.486 e. The lowest BCUT2D eigenvalue weighted by atomic mass is 9.72. The summed E-state index contributed by atoms with van der Waals surface area (Å²) in [6.07, 6.45) is 3.09. The third-order valence-electron chi connectivity index (χ3n) is 8.22. The summed E-state index contributed by atoms with van der Waals surface area (Å²) in [5.41, 5.74) is 4.69. The summed E-state index contributed by atoms with van der Waals surface area (Å²) >= 11 is 12.9. The van der Waals surface area contributed by atoms with Crippen LogP contribution in [0.5, 0.6) is 5.75 Å². The first-order valence-corrected chi connectivity index (χ1v) is 16.6. The Bertz CT molecular complexity index is 1630. The van der Waals surface area contributed by atoms with E-state index in [4.69, 9.17) is 26.9 Å². The molecule has 0 saturated heterocycles. The van der Waals surface area contributed by atoms with Gasteiger partial charge in [0.15, 0.2) is 0 Å². The molecule has 0 radical (unpaired) electrons. The highest BCUT2D eigenvalue weighted by Gasteiger charge is 2.42. The molecular weight excluding hydrogens is 626 g/mol. The number of benzene rings is 2. The number of rotatable bonds is 8. The number of carbonyl (C=O) groups is 1. The molecule has 0 saturated carbocycles. The average molecular weight is 666 g/mol. The second kappa shape index (κ2) is 14.4. The van der Waals surface area contributed by atoms with Crippen LogP contribution < -0.4 is 26.2 Å². The van der Waals surface area contributed by atoms with Crippen molar-refractivity contribution in [3.8, 4) is 5.75 Å². The van der Waals surface area contributed by atoms with Crippen molar-refractivity contribution in [1.29, 1.82) is 0 Å². The Morgan fingerprint density at radius 3 is 2.71 bits per heavy atom. The molecule has 3 heterocycles. The van der Waals surface area contributed by atoms with Gasteiger partial charge in [0.2, 0.25) is 0 Å². The third-order valence-corrected chi connectivity index (χ3v) is 10.1. The molecule has 2 aromatic heterocycles.